The van der Waals surface area contributed by atoms with Crippen LogP contribution >= 0.6 is 11.6 Å². The molecule has 2 nitrogen and oxygen atoms in total. The summed E-state index contributed by atoms with van der Waals surface area (Å²) >= 11 is 5.77. The van der Waals surface area contributed by atoms with Gasteiger partial charge in [-0.1, -0.05) is 55.5 Å². The third kappa shape index (κ3) is 7.70. The molecule has 0 amide bonds. The zero-order valence-electron chi connectivity index (χ0n) is 13.3. The van der Waals surface area contributed by atoms with Gasteiger partial charge in [0.05, 0.1) is 0 Å². The van der Waals surface area contributed by atoms with Gasteiger partial charge in [0, 0.05) is 19.5 Å². The van der Waals surface area contributed by atoms with Crippen molar-refractivity contribution in [2.45, 2.75) is 44.4 Å². The monoisotopic (exact) mass is 364 g/mol. The minimum absolute atomic E-state index is 0.188. The number of ether oxygens (including phenoxy) is 1. The lowest BCUT2D eigenvalue weighted by Gasteiger charge is -2.18. The molecule has 128 valence electrons. The van der Waals surface area contributed by atoms with E-state index in [1.807, 2.05) is 6.08 Å². The van der Waals surface area contributed by atoms with E-state index in [9.17, 15) is 18.0 Å². The highest BCUT2D eigenvalue weighted by Crippen LogP contribution is 2.28. The Morgan fingerprint density at radius 1 is 1.22 bits per heavy atom. The molecule has 0 fully saturated rings. The molecule has 0 N–H and O–H groups in total. The van der Waals surface area contributed by atoms with Crippen molar-refractivity contribution >= 4 is 25.6 Å². The molecule has 0 aliphatic rings. The Balaban J connectivity index is 2.84. The molecular formula is C16H20ClF3O2Si. The van der Waals surface area contributed by atoms with E-state index in [-0.39, 0.29) is 6.42 Å². The summed E-state index contributed by atoms with van der Waals surface area (Å²) in [4.78, 5) is 11.1. The summed E-state index contributed by atoms with van der Waals surface area (Å²) in [6.07, 6.45) is -2.10. The van der Waals surface area contributed by atoms with E-state index in [4.69, 9.17) is 11.6 Å². The van der Waals surface area contributed by atoms with Gasteiger partial charge < -0.3 is 4.74 Å². The molecule has 0 spiro atoms. The van der Waals surface area contributed by atoms with Gasteiger partial charge in [0.25, 0.3) is 0 Å². The zero-order chi connectivity index (χ0) is 17.7. The third-order valence-electron chi connectivity index (χ3n) is 2.97. The number of carbonyl (C=O) groups is 1. The van der Waals surface area contributed by atoms with Crippen LogP contribution in [0.25, 0.3) is 0 Å². The fraction of sp³-hybridized carbons (Fsp3) is 0.438. The average molecular weight is 365 g/mol. The van der Waals surface area contributed by atoms with Crippen molar-refractivity contribution in [2.24, 2.45) is 0 Å². The van der Waals surface area contributed by atoms with Crippen LogP contribution in [0.15, 0.2) is 36.4 Å². The minimum Gasteiger partial charge on any atom is -0.451 e. The molecule has 7 heteroatoms. The summed E-state index contributed by atoms with van der Waals surface area (Å²) in [5.74, 6) is -2.18. The highest BCUT2D eigenvalue weighted by Gasteiger charge is 2.42. The number of esters is 1. The number of hydrogen-bond donors (Lipinski definition) is 0. The van der Waals surface area contributed by atoms with Gasteiger partial charge in [0.15, 0.2) is 0 Å². The Labute approximate surface area is 140 Å². The molecule has 1 unspecified atom stereocenters. The second-order valence-electron chi connectivity index (χ2n) is 6.42. The van der Waals surface area contributed by atoms with Crippen LogP contribution in [-0.2, 0) is 9.53 Å². The van der Waals surface area contributed by atoms with E-state index in [0.717, 1.165) is 6.04 Å². The van der Waals surface area contributed by atoms with Gasteiger partial charge in [-0.2, -0.15) is 13.2 Å². The number of halogens is 4. The van der Waals surface area contributed by atoms with Crippen molar-refractivity contribution in [2.75, 3.05) is 0 Å². The second-order valence-corrected chi connectivity index (χ2v) is 12.4. The predicted molar refractivity (Wildman–Crippen MR) is 88.3 cm³/mol. The highest BCUT2D eigenvalue weighted by atomic mass is 35.5. The smallest absolute Gasteiger partial charge is 0.451 e. The van der Waals surface area contributed by atoms with Crippen LogP contribution in [-0.4, -0.2) is 20.2 Å². The van der Waals surface area contributed by atoms with Gasteiger partial charge in [-0.3, -0.25) is 0 Å². The molecule has 0 heterocycles. The Bertz CT molecular complexity index is 548. The third-order valence-corrected chi connectivity index (χ3v) is 4.68. The largest absolute Gasteiger partial charge is 0.490 e. The lowest BCUT2D eigenvalue weighted by molar-refractivity contribution is -0.205. The lowest BCUT2D eigenvalue weighted by Crippen LogP contribution is -2.27. The van der Waals surface area contributed by atoms with E-state index in [1.54, 1.807) is 30.3 Å². The molecular weight excluding hydrogens is 345 g/mol. The van der Waals surface area contributed by atoms with Crippen molar-refractivity contribution in [3.05, 3.63) is 47.0 Å². The Morgan fingerprint density at radius 2 is 1.78 bits per heavy atom. The predicted octanol–water partition coefficient (Wildman–Crippen LogP) is 5.77. The van der Waals surface area contributed by atoms with Crippen molar-refractivity contribution in [3.63, 3.8) is 0 Å². The van der Waals surface area contributed by atoms with Crippen LogP contribution in [0, 0.1) is 0 Å². The molecule has 1 atom stereocenters. The number of rotatable bonds is 6. The fourth-order valence-corrected chi connectivity index (χ4v) is 2.78. The molecule has 0 saturated heterocycles. The van der Waals surface area contributed by atoms with Gasteiger partial charge in [-0.05, 0) is 23.7 Å². The van der Waals surface area contributed by atoms with E-state index >= 15 is 0 Å². The van der Waals surface area contributed by atoms with E-state index < -0.39 is 26.3 Å². The van der Waals surface area contributed by atoms with E-state index in [0.29, 0.717) is 10.6 Å². The molecule has 1 rings (SSSR count). The number of alkyl halides is 3. The molecule has 0 bridgehead atoms. The normalized spacial score (nSPS) is 14.0. The fourth-order valence-electron chi connectivity index (χ4n) is 1.78. The van der Waals surface area contributed by atoms with Crippen LogP contribution in [0.4, 0.5) is 13.2 Å². The molecule has 0 aliphatic carbocycles. The summed E-state index contributed by atoms with van der Waals surface area (Å²) in [5, 5.41) is 0.462. The molecule has 0 aromatic heterocycles. The van der Waals surface area contributed by atoms with E-state index in [1.165, 1.54) is 0 Å². The first kappa shape index (κ1) is 19.8. The summed E-state index contributed by atoms with van der Waals surface area (Å²) in [6, 6.07) is 7.13. The maximum Gasteiger partial charge on any atom is 0.490 e. The first-order valence-electron chi connectivity index (χ1n) is 7.17. The molecule has 23 heavy (non-hydrogen) atoms. The number of carbonyl (C=O) groups excluding carboxylic acids is 1. The molecule has 1 aromatic rings. The van der Waals surface area contributed by atoms with Crippen molar-refractivity contribution in [3.8, 4) is 0 Å². The standard InChI is InChI=1S/C16H20ClF3O2Si/c1-23(2,3)11-5-4-6-14(22-15(21)16(18,19)20)12-7-9-13(17)10-8-12/h4-5,7-10,14H,6,11H2,1-3H3/b5-4+. The molecule has 0 aliphatic heterocycles. The Kier molecular flexibility index (Phi) is 6.89. The first-order chi connectivity index (χ1) is 10.5. The number of hydrogen-bond acceptors (Lipinski definition) is 2. The van der Waals surface area contributed by atoms with Crippen molar-refractivity contribution in [1.82, 2.24) is 0 Å². The molecule has 0 radical (unpaired) electrons. The zero-order valence-corrected chi connectivity index (χ0v) is 15.0. The van der Waals surface area contributed by atoms with Crippen molar-refractivity contribution in [1.29, 1.82) is 0 Å². The first-order valence-corrected chi connectivity index (χ1v) is 11.3. The van der Waals surface area contributed by atoms with Gasteiger partial charge in [-0.15, -0.1) is 0 Å². The Morgan fingerprint density at radius 3 is 2.26 bits per heavy atom. The molecule has 0 saturated carbocycles. The van der Waals surface area contributed by atoms with Crippen LogP contribution in [0.1, 0.15) is 18.1 Å². The van der Waals surface area contributed by atoms with Crippen LogP contribution < -0.4 is 0 Å². The second kappa shape index (κ2) is 8.01. The van der Waals surface area contributed by atoms with Gasteiger partial charge in [0.1, 0.15) is 6.10 Å². The average Bonchev–Trinajstić information content (AvgIpc) is 2.41. The topological polar surface area (TPSA) is 26.3 Å². The van der Waals surface area contributed by atoms with E-state index in [2.05, 4.69) is 24.4 Å². The van der Waals surface area contributed by atoms with Crippen molar-refractivity contribution < 1.29 is 22.7 Å². The van der Waals surface area contributed by atoms with Gasteiger partial charge in [0.2, 0.25) is 0 Å². The summed E-state index contributed by atoms with van der Waals surface area (Å²) in [6.45, 7) is 6.58. The van der Waals surface area contributed by atoms with Gasteiger partial charge >= 0.3 is 12.1 Å². The Hall–Kier alpha value is -1.27. The van der Waals surface area contributed by atoms with Crippen LogP contribution in [0.3, 0.4) is 0 Å². The number of benzene rings is 1. The lowest BCUT2D eigenvalue weighted by atomic mass is 10.1. The molecule has 1 aromatic carbocycles. The summed E-state index contributed by atoms with van der Waals surface area (Å²) < 4.78 is 41.9. The number of allylic oxidation sites excluding steroid dienone is 1. The quantitative estimate of drug-likeness (QED) is 0.364. The van der Waals surface area contributed by atoms with Crippen LogP contribution in [0.2, 0.25) is 30.7 Å². The highest BCUT2D eigenvalue weighted by molar-refractivity contribution is 6.76. The summed E-state index contributed by atoms with van der Waals surface area (Å²) in [7, 11) is -1.27. The minimum atomic E-state index is -5.01. The van der Waals surface area contributed by atoms with Crippen LogP contribution in [0.5, 0.6) is 0 Å². The summed E-state index contributed by atoms with van der Waals surface area (Å²) in [5.41, 5.74) is 0.477. The SMILES string of the molecule is C[Si](C)(C)C/C=C/CC(OC(=O)C(F)(F)F)c1ccc(Cl)cc1. The maximum atomic E-state index is 12.4. The van der Waals surface area contributed by atoms with Gasteiger partial charge in [-0.25, -0.2) is 4.79 Å². The maximum absolute atomic E-state index is 12.4.